The molecule has 4 N–H and O–H groups in total. The minimum absolute atomic E-state index is 0.278. The van der Waals surface area contributed by atoms with E-state index in [0.29, 0.717) is 23.6 Å². The number of aliphatic hydroxyl groups excluding tert-OH is 1. The zero-order valence-electron chi connectivity index (χ0n) is 13.0. The summed E-state index contributed by atoms with van der Waals surface area (Å²) in [6.45, 7) is 4.16. The Balaban J connectivity index is 2.71. The monoisotopic (exact) mass is 296 g/mol. The van der Waals surface area contributed by atoms with Crippen molar-refractivity contribution in [3.8, 4) is 11.5 Å². The lowest BCUT2D eigenvalue weighted by atomic mass is 9.92. The maximum Gasteiger partial charge on any atom is 0.224 e. The lowest BCUT2D eigenvalue weighted by Crippen LogP contribution is -2.41. The van der Waals surface area contributed by atoms with Crippen molar-refractivity contribution in [2.45, 2.75) is 20.0 Å². The molecule has 0 aromatic heterocycles. The molecule has 1 aromatic carbocycles. The molecule has 0 aliphatic heterocycles. The molecule has 0 heterocycles. The van der Waals surface area contributed by atoms with Gasteiger partial charge in [-0.25, -0.2) is 0 Å². The van der Waals surface area contributed by atoms with E-state index in [9.17, 15) is 9.90 Å². The molecule has 6 nitrogen and oxygen atoms in total. The SMILES string of the molecule is COc1ccc(OC)c(C(O)CNCC(C)(C)C(N)=O)c1. The second kappa shape index (κ2) is 7.28. The Morgan fingerprint density at radius 3 is 2.57 bits per heavy atom. The van der Waals surface area contributed by atoms with Gasteiger partial charge in [-0.1, -0.05) is 0 Å². The Labute approximate surface area is 125 Å². The van der Waals surface area contributed by atoms with Crippen LogP contribution in [0.25, 0.3) is 0 Å². The van der Waals surface area contributed by atoms with E-state index in [4.69, 9.17) is 15.2 Å². The molecule has 0 spiro atoms. The van der Waals surface area contributed by atoms with Crippen LogP contribution in [0.2, 0.25) is 0 Å². The van der Waals surface area contributed by atoms with Gasteiger partial charge >= 0.3 is 0 Å². The smallest absolute Gasteiger partial charge is 0.224 e. The van der Waals surface area contributed by atoms with Crippen molar-refractivity contribution >= 4 is 5.91 Å². The summed E-state index contributed by atoms with van der Waals surface area (Å²) in [6, 6.07) is 5.23. The third-order valence-corrected chi connectivity index (χ3v) is 3.37. The van der Waals surface area contributed by atoms with Gasteiger partial charge in [-0.2, -0.15) is 0 Å². The predicted molar refractivity (Wildman–Crippen MR) is 80.4 cm³/mol. The number of carbonyl (C=O) groups is 1. The molecule has 118 valence electrons. The van der Waals surface area contributed by atoms with Gasteiger partial charge in [0, 0.05) is 18.7 Å². The van der Waals surface area contributed by atoms with Crippen molar-refractivity contribution in [1.29, 1.82) is 0 Å². The summed E-state index contributed by atoms with van der Waals surface area (Å²) < 4.78 is 10.4. The molecule has 0 saturated heterocycles. The number of carbonyl (C=O) groups excluding carboxylic acids is 1. The summed E-state index contributed by atoms with van der Waals surface area (Å²) >= 11 is 0. The van der Waals surface area contributed by atoms with Crippen LogP contribution in [0.3, 0.4) is 0 Å². The van der Waals surface area contributed by atoms with E-state index in [1.807, 2.05) is 0 Å². The first kappa shape index (κ1) is 17.3. The summed E-state index contributed by atoms with van der Waals surface area (Å²) in [5, 5.41) is 13.3. The third kappa shape index (κ3) is 4.61. The lowest BCUT2D eigenvalue weighted by molar-refractivity contribution is -0.125. The highest BCUT2D eigenvalue weighted by Crippen LogP contribution is 2.29. The number of aliphatic hydroxyl groups is 1. The normalized spacial score (nSPS) is 12.8. The van der Waals surface area contributed by atoms with E-state index in [-0.39, 0.29) is 12.5 Å². The number of nitrogens with one attached hydrogen (secondary N) is 1. The molecule has 0 saturated carbocycles. The number of hydrogen-bond donors (Lipinski definition) is 3. The van der Waals surface area contributed by atoms with Crippen LogP contribution < -0.4 is 20.5 Å². The number of hydrogen-bond acceptors (Lipinski definition) is 5. The van der Waals surface area contributed by atoms with Gasteiger partial charge in [0.1, 0.15) is 11.5 Å². The fourth-order valence-corrected chi connectivity index (χ4v) is 1.82. The molecule has 0 radical (unpaired) electrons. The Hall–Kier alpha value is -1.79. The van der Waals surface area contributed by atoms with E-state index in [0.717, 1.165) is 0 Å². The van der Waals surface area contributed by atoms with Gasteiger partial charge < -0.3 is 25.6 Å². The summed E-state index contributed by atoms with van der Waals surface area (Å²) in [6.07, 6.45) is -0.779. The van der Waals surface area contributed by atoms with Gasteiger partial charge in [-0.3, -0.25) is 4.79 Å². The van der Waals surface area contributed by atoms with Crippen LogP contribution in [-0.4, -0.2) is 38.3 Å². The highest BCUT2D eigenvalue weighted by Gasteiger charge is 2.25. The zero-order chi connectivity index (χ0) is 16.0. The molecule has 1 amide bonds. The minimum atomic E-state index is -0.779. The van der Waals surface area contributed by atoms with Crippen molar-refractivity contribution in [1.82, 2.24) is 5.32 Å². The topological polar surface area (TPSA) is 93.8 Å². The number of ether oxygens (including phenoxy) is 2. The highest BCUT2D eigenvalue weighted by atomic mass is 16.5. The Bertz CT molecular complexity index is 489. The molecule has 0 aliphatic rings. The predicted octanol–water partition coefficient (Wildman–Crippen LogP) is 0.838. The third-order valence-electron chi connectivity index (χ3n) is 3.37. The van der Waals surface area contributed by atoms with Crippen LogP contribution in [0.4, 0.5) is 0 Å². The maximum atomic E-state index is 11.2. The van der Waals surface area contributed by atoms with Gasteiger partial charge in [0.25, 0.3) is 0 Å². The molecule has 0 aliphatic carbocycles. The molecule has 1 atom stereocenters. The number of rotatable bonds is 8. The molecular formula is C15H24N2O4. The first-order valence-corrected chi connectivity index (χ1v) is 6.72. The van der Waals surface area contributed by atoms with Crippen molar-refractivity contribution in [2.75, 3.05) is 27.3 Å². The first-order chi connectivity index (χ1) is 9.81. The van der Waals surface area contributed by atoms with Gasteiger partial charge in [0.15, 0.2) is 0 Å². The van der Waals surface area contributed by atoms with Crippen LogP contribution in [0.5, 0.6) is 11.5 Å². The lowest BCUT2D eigenvalue weighted by Gasteiger charge is -2.22. The Morgan fingerprint density at radius 1 is 1.38 bits per heavy atom. The van der Waals surface area contributed by atoms with Crippen LogP contribution in [-0.2, 0) is 4.79 Å². The Kier molecular flexibility index (Phi) is 5.99. The zero-order valence-corrected chi connectivity index (χ0v) is 13.0. The van der Waals surface area contributed by atoms with Gasteiger partial charge in [0.05, 0.1) is 25.7 Å². The maximum absolute atomic E-state index is 11.2. The van der Waals surface area contributed by atoms with Gasteiger partial charge in [-0.15, -0.1) is 0 Å². The second-order valence-electron chi connectivity index (χ2n) is 5.50. The molecule has 0 bridgehead atoms. The second-order valence-corrected chi connectivity index (χ2v) is 5.50. The van der Waals surface area contributed by atoms with Crippen molar-refractivity contribution in [3.63, 3.8) is 0 Å². The number of benzene rings is 1. The largest absolute Gasteiger partial charge is 0.497 e. The number of methoxy groups -OCH3 is 2. The average molecular weight is 296 g/mol. The summed E-state index contributed by atoms with van der Waals surface area (Å²) in [4.78, 5) is 11.2. The fraction of sp³-hybridized carbons (Fsp3) is 0.533. The van der Waals surface area contributed by atoms with Crippen LogP contribution >= 0.6 is 0 Å². The molecular weight excluding hydrogens is 272 g/mol. The summed E-state index contributed by atoms with van der Waals surface area (Å²) in [5.74, 6) is 0.838. The molecule has 1 unspecified atom stereocenters. The number of nitrogens with two attached hydrogens (primary N) is 1. The van der Waals surface area contributed by atoms with E-state index in [2.05, 4.69) is 5.32 Å². The van der Waals surface area contributed by atoms with Crippen LogP contribution in [0, 0.1) is 5.41 Å². The molecule has 0 fully saturated rings. The van der Waals surface area contributed by atoms with E-state index < -0.39 is 11.5 Å². The molecule has 21 heavy (non-hydrogen) atoms. The van der Waals surface area contributed by atoms with Crippen molar-refractivity contribution in [2.24, 2.45) is 11.1 Å². The summed E-state index contributed by atoms with van der Waals surface area (Å²) in [5.41, 5.74) is 5.26. The van der Waals surface area contributed by atoms with E-state index in [1.54, 1.807) is 46.3 Å². The quantitative estimate of drug-likeness (QED) is 0.661. The Morgan fingerprint density at radius 2 is 2.05 bits per heavy atom. The number of primary amides is 1. The molecule has 1 rings (SSSR count). The van der Waals surface area contributed by atoms with E-state index >= 15 is 0 Å². The molecule has 1 aromatic rings. The first-order valence-electron chi connectivity index (χ1n) is 6.72. The highest BCUT2D eigenvalue weighted by molar-refractivity contribution is 5.80. The standard InChI is InChI=1S/C15H24N2O4/c1-15(2,14(16)19)9-17-8-12(18)11-7-10(20-3)5-6-13(11)21-4/h5-7,12,17-18H,8-9H2,1-4H3,(H2,16,19). The van der Waals surface area contributed by atoms with Crippen LogP contribution in [0.1, 0.15) is 25.5 Å². The van der Waals surface area contributed by atoms with Crippen molar-refractivity contribution in [3.05, 3.63) is 23.8 Å². The van der Waals surface area contributed by atoms with E-state index in [1.165, 1.54) is 0 Å². The average Bonchev–Trinajstić information content (AvgIpc) is 2.45. The van der Waals surface area contributed by atoms with Crippen molar-refractivity contribution < 1.29 is 19.4 Å². The van der Waals surface area contributed by atoms with Gasteiger partial charge in [-0.05, 0) is 32.0 Å². The number of amides is 1. The fourth-order valence-electron chi connectivity index (χ4n) is 1.82. The minimum Gasteiger partial charge on any atom is -0.497 e. The molecule has 6 heteroatoms. The van der Waals surface area contributed by atoms with Crippen LogP contribution in [0.15, 0.2) is 18.2 Å². The summed E-state index contributed by atoms with van der Waals surface area (Å²) in [7, 11) is 3.10. The van der Waals surface area contributed by atoms with Gasteiger partial charge in [0.2, 0.25) is 5.91 Å².